The van der Waals surface area contributed by atoms with Crippen molar-refractivity contribution in [1.29, 1.82) is 0 Å². The summed E-state index contributed by atoms with van der Waals surface area (Å²) in [6.07, 6.45) is 4.61. The van der Waals surface area contributed by atoms with Crippen LogP contribution in [0.5, 0.6) is 0 Å². The molecule has 0 aliphatic carbocycles. The van der Waals surface area contributed by atoms with E-state index in [9.17, 15) is 4.79 Å². The van der Waals surface area contributed by atoms with Crippen LogP contribution in [0.4, 0.5) is 5.13 Å². The van der Waals surface area contributed by atoms with Crippen LogP contribution in [-0.4, -0.2) is 56.3 Å². The summed E-state index contributed by atoms with van der Waals surface area (Å²) in [7, 11) is 0. The topological polar surface area (TPSA) is 75.1 Å². The zero-order chi connectivity index (χ0) is 15.5. The fourth-order valence-corrected chi connectivity index (χ4v) is 3.12. The first-order valence-corrected chi connectivity index (χ1v) is 8.06. The molecule has 116 valence electrons. The maximum Gasteiger partial charge on any atom is 0.274 e. The standard InChI is InChI=1S/C14H18N6OS/c1-10(2)12-17-14(22-18-12)20-7-5-19(6-8-20)13(21)11-9-15-3-4-16-11/h3-4,9-10H,5-8H2,1-2H3. The molecule has 0 unspecified atom stereocenters. The van der Waals surface area contributed by atoms with Gasteiger partial charge in [-0.25, -0.2) is 9.97 Å². The third-order valence-electron chi connectivity index (χ3n) is 3.57. The van der Waals surface area contributed by atoms with Crippen molar-refractivity contribution in [2.24, 2.45) is 0 Å². The number of carbonyl (C=O) groups excluding carboxylic acids is 1. The number of rotatable bonds is 3. The van der Waals surface area contributed by atoms with Gasteiger partial charge in [-0.15, -0.1) is 0 Å². The molecule has 0 spiro atoms. The molecule has 8 heteroatoms. The second kappa shape index (κ2) is 6.35. The molecule has 1 aliphatic heterocycles. The molecule has 0 N–H and O–H groups in total. The fraction of sp³-hybridized carbons (Fsp3) is 0.500. The van der Waals surface area contributed by atoms with E-state index in [4.69, 9.17) is 0 Å². The van der Waals surface area contributed by atoms with Crippen LogP contribution in [0.15, 0.2) is 18.6 Å². The lowest BCUT2D eigenvalue weighted by Gasteiger charge is -2.34. The minimum absolute atomic E-state index is 0.0621. The highest BCUT2D eigenvalue weighted by Crippen LogP contribution is 2.22. The summed E-state index contributed by atoms with van der Waals surface area (Å²) in [5.74, 6) is 1.16. The largest absolute Gasteiger partial charge is 0.343 e. The molecule has 2 aromatic heterocycles. The van der Waals surface area contributed by atoms with Crippen molar-refractivity contribution in [3.8, 4) is 0 Å². The van der Waals surface area contributed by atoms with E-state index in [-0.39, 0.29) is 5.91 Å². The summed E-state index contributed by atoms with van der Waals surface area (Å²) in [6, 6.07) is 0. The number of amides is 1. The van der Waals surface area contributed by atoms with Gasteiger partial charge in [-0.3, -0.25) is 9.78 Å². The van der Waals surface area contributed by atoms with Crippen LogP contribution in [0.1, 0.15) is 36.1 Å². The molecule has 1 saturated heterocycles. The van der Waals surface area contributed by atoms with Gasteiger partial charge < -0.3 is 9.80 Å². The first kappa shape index (κ1) is 14.8. The van der Waals surface area contributed by atoms with Crippen LogP contribution >= 0.6 is 11.5 Å². The SMILES string of the molecule is CC(C)c1nsc(N2CCN(C(=O)c3cnccn3)CC2)n1. The number of aromatic nitrogens is 4. The van der Waals surface area contributed by atoms with E-state index in [2.05, 4.69) is 38.1 Å². The predicted molar refractivity (Wildman–Crippen MR) is 84.1 cm³/mol. The molecular formula is C14H18N6OS. The van der Waals surface area contributed by atoms with Gasteiger partial charge in [0.2, 0.25) is 5.13 Å². The molecular weight excluding hydrogens is 300 g/mol. The Morgan fingerprint density at radius 1 is 1.23 bits per heavy atom. The van der Waals surface area contributed by atoms with E-state index in [0.29, 0.717) is 24.7 Å². The van der Waals surface area contributed by atoms with Crippen LogP contribution in [-0.2, 0) is 0 Å². The van der Waals surface area contributed by atoms with E-state index in [1.165, 1.54) is 23.9 Å². The first-order valence-electron chi connectivity index (χ1n) is 7.29. The van der Waals surface area contributed by atoms with Gasteiger partial charge >= 0.3 is 0 Å². The third kappa shape index (κ3) is 3.06. The second-order valence-corrected chi connectivity index (χ2v) is 6.19. The molecule has 1 aliphatic rings. The monoisotopic (exact) mass is 318 g/mol. The van der Waals surface area contributed by atoms with E-state index < -0.39 is 0 Å². The number of hydrogen-bond acceptors (Lipinski definition) is 7. The van der Waals surface area contributed by atoms with E-state index in [1.807, 2.05) is 4.90 Å². The summed E-state index contributed by atoms with van der Waals surface area (Å²) in [6.45, 7) is 7.02. The van der Waals surface area contributed by atoms with Crippen molar-refractivity contribution in [3.05, 3.63) is 30.1 Å². The Labute approximate surface area is 133 Å². The lowest BCUT2D eigenvalue weighted by molar-refractivity contribution is 0.0740. The van der Waals surface area contributed by atoms with E-state index >= 15 is 0 Å². The Morgan fingerprint density at radius 3 is 2.59 bits per heavy atom. The molecule has 3 heterocycles. The van der Waals surface area contributed by atoms with Gasteiger partial charge in [0.1, 0.15) is 11.5 Å². The van der Waals surface area contributed by atoms with Crippen LogP contribution in [0.3, 0.4) is 0 Å². The van der Waals surface area contributed by atoms with Gasteiger partial charge in [0.25, 0.3) is 5.91 Å². The average molecular weight is 318 g/mol. The molecule has 0 bridgehead atoms. The Morgan fingerprint density at radius 2 is 2.00 bits per heavy atom. The van der Waals surface area contributed by atoms with Gasteiger partial charge in [-0.1, -0.05) is 13.8 Å². The van der Waals surface area contributed by atoms with Gasteiger partial charge in [0.15, 0.2) is 0 Å². The van der Waals surface area contributed by atoms with Crippen LogP contribution < -0.4 is 4.90 Å². The molecule has 0 radical (unpaired) electrons. The zero-order valence-electron chi connectivity index (χ0n) is 12.6. The molecule has 0 aromatic carbocycles. The van der Waals surface area contributed by atoms with E-state index in [0.717, 1.165) is 24.0 Å². The molecule has 1 fully saturated rings. The van der Waals surface area contributed by atoms with Crippen molar-refractivity contribution < 1.29 is 4.79 Å². The predicted octanol–water partition coefficient (Wildman–Crippen LogP) is 1.41. The fourth-order valence-electron chi connectivity index (χ4n) is 2.26. The summed E-state index contributed by atoms with van der Waals surface area (Å²) in [5.41, 5.74) is 0.397. The number of hydrogen-bond donors (Lipinski definition) is 0. The molecule has 2 aromatic rings. The van der Waals surface area contributed by atoms with Gasteiger partial charge in [0, 0.05) is 56.0 Å². The van der Waals surface area contributed by atoms with Crippen molar-refractivity contribution in [2.45, 2.75) is 19.8 Å². The minimum atomic E-state index is -0.0621. The normalized spacial score (nSPS) is 15.4. The maximum atomic E-state index is 12.3. The smallest absolute Gasteiger partial charge is 0.274 e. The summed E-state index contributed by atoms with van der Waals surface area (Å²) in [4.78, 5) is 28.9. The minimum Gasteiger partial charge on any atom is -0.343 e. The van der Waals surface area contributed by atoms with Crippen molar-refractivity contribution in [3.63, 3.8) is 0 Å². The van der Waals surface area contributed by atoms with Crippen molar-refractivity contribution in [1.82, 2.24) is 24.2 Å². The zero-order valence-corrected chi connectivity index (χ0v) is 13.5. The lowest BCUT2D eigenvalue weighted by Crippen LogP contribution is -2.49. The number of anilines is 1. The Balaban J connectivity index is 1.61. The number of piperazine rings is 1. The summed E-state index contributed by atoms with van der Waals surface area (Å²) < 4.78 is 4.38. The Hall–Kier alpha value is -2.09. The van der Waals surface area contributed by atoms with Crippen LogP contribution in [0.25, 0.3) is 0 Å². The van der Waals surface area contributed by atoms with Crippen molar-refractivity contribution >= 4 is 22.6 Å². The molecule has 0 saturated carbocycles. The average Bonchev–Trinajstić information content (AvgIpc) is 3.05. The quantitative estimate of drug-likeness (QED) is 0.852. The van der Waals surface area contributed by atoms with Crippen LogP contribution in [0, 0.1) is 0 Å². The first-order chi connectivity index (χ1) is 10.6. The van der Waals surface area contributed by atoms with Gasteiger partial charge in [-0.05, 0) is 0 Å². The molecule has 7 nitrogen and oxygen atoms in total. The summed E-state index contributed by atoms with van der Waals surface area (Å²) >= 11 is 1.43. The van der Waals surface area contributed by atoms with Crippen molar-refractivity contribution in [2.75, 3.05) is 31.1 Å². The number of nitrogens with zero attached hydrogens (tertiary/aromatic N) is 6. The Bertz CT molecular complexity index is 636. The molecule has 22 heavy (non-hydrogen) atoms. The number of carbonyl (C=O) groups is 1. The maximum absolute atomic E-state index is 12.3. The highest BCUT2D eigenvalue weighted by Gasteiger charge is 2.25. The Kier molecular flexibility index (Phi) is 4.28. The highest BCUT2D eigenvalue weighted by molar-refractivity contribution is 7.09. The highest BCUT2D eigenvalue weighted by atomic mass is 32.1. The summed E-state index contributed by atoms with van der Waals surface area (Å²) in [5, 5.41) is 0.940. The third-order valence-corrected chi connectivity index (χ3v) is 4.36. The van der Waals surface area contributed by atoms with E-state index in [1.54, 1.807) is 6.20 Å². The molecule has 3 rings (SSSR count). The molecule has 0 atom stereocenters. The van der Waals surface area contributed by atoms with Gasteiger partial charge in [-0.2, -0.15) is 4.37 Å². The van der Waals surface area contributed by atoms with Gasteiger partial charge in [0.05, 0.1) is 6.20 Å². The second-order valence-electron chi connectivity index (χ2n) is 5.46. The van der Waals surface area contributed by atoms with Crippen LogP contribution in [0.2, 0.25) is 0 Å². The lowest BCUT2D eigenvalue weighted by atomic mass is 10.2. The molecule has 1 amide bonds.